The summed E-state index contributed by atoms with van der Waals surface area (Å²) in [6.45, 7) is 2.99. The van der Waals surface area contributed by atoms with Gasteiger partial charge in [-0.25, -0.2) is 4.79 Å². The summed E-state index contributed by atoms with van der Waals surface area (Å²) in [7, 11) is 0. The average Bonchev–Trinajstić information content (AvgIpc) is 3.08. The fraction of sp³-hybridized carbons (Fsp3) is 0.476. The summed E-state index contributed by atoms with van der Waals surface area (Å²) in [6, 6.07) is 13.3. The second kappa shape index (κ2) is 7.54. The lowest BCUT2D eigenvalue weighted by Gasteiger charge is -2.45. The van der Waals surface area contributed by atoms with Gasteiger partial charge < -0.3 is 20.0 Å². The normalized spacial score (nSPS) is 27.7. The Morgan fingerprint density at radius 2 is 2.00 bits per heavy atom. The van der Waals surface area contributed by atoms with E-state index in [2.05, 4.69) is 16.7 Å². The number of fused-ring (bicyclic) bond motifs is 2. The molecule has 0 aliphatic carbocycles. The van der Waals surface area contributed by atoms with Gasteiger partial charge in [-0.2, -0.15) is 0 Å². The maximum absolute atomic E-state index is 12.4. The molecule has 0 radical (unpaired) electrons. The predicted molar refractivity (Wildman–Crippen MR) is 101 cm³/mol. The Labute approximate surface area is 154 Å². The van der Waals surface area contributed by atoms with E-state index in [-0.39, 0.29) is 12.1 Å². The Morgan fingerprint density at radius 1 is 1.19 bits per heavy atom. The summed E-state index contributed by atoms with van der Waals surface area (Å²) in [5.74, 6) is 1.07. The van der Waals surface area contributed by atoms with Crippen molar-refractivity contribution in [3.63, 3.8) is 0 Å². The summed E-state index contributed by atoms with van der Waals surface area (Å²) >= 11 is 0. The lowest BCUT2D eigenvalue weighted by atomic mass is 9.81. The quantitative estimate of drug-likeness (QED) is 0.791. The second-order valence-corrected chi connectivity index (χ2v) is 7.79. The van der Waals surface area contributed by atoms with E-state index in [1.54, 1.807) is 11.2 Å². The van der Waals surface area contributed by atoms with Gasteiger partial charge in [0.1, 0.15) is 6.54 Å². The van der Waals surface area contributed by atoms with Crippen LogP contribution in [0.4, 0.5) is 10.5 Å². The van der Waals surface area contributed by atoms with Gasteiger partial charge in [-0.05, 0) is 56.0 Å². The number of furan rings is 1. The highest BCUT2D eigenvalue weighted by Crippen LogP contribution is 2.23. The van der Waals surface area contributed by atoms with E-state index < -0.39 is 0 Å². The molecule has 2 aliphatic heterocycles. The van der Waals surface area contributed by atoms with Crippen molar-refractivity contribution >= 4 is 11.7 Å². The first-order chi connectivity index (χ1) is 12.7. The highest BCUT2D eigenvalue weighted by Gasteiger charge is 2.42. The fourth-order valence-electron chi connectivity index (χ4n) is 4.73. The minimum atomic E-state index is -0.0897. The van der Waals surface area contributed by atoms with Crippen LogP contribution in [0.5, 0.6) is 0 Å². The fourth-order valence-corrected chi connectivity index (χ4v) is 4.73. The molecule has 2 atom stereocenters. The summed E-state index contributed by atoms with van der Waals surface area (Å²) < 4.78 is 5.57. The molecule has 3 heterocycles. The monoisotopic (exact) mass is 354 g/mol. The maximum Gasteiger partial charge on any atom is 0.319 e. The van der Waals surface area contributed by atoms with Crippen LogP contribution in [0, 0.1) is 6.92 Å². The van der Waals surface area contributed by atoms with Gasteiger partial charge >= 0.3 is 6.03 Å². The van der Waals surface area contributed by atoms with Gasteiger partial charge in [0.05, 0.1) is 18.3 Å². The number of benzene rings is 1. The smallest absolute Gasteiger partial charge is 0.319 e. The van der Waals surface area contributed by atoms with E-state index in [4.69, 9.17) is 4.42 Å². The molecule has 2 bridgehead atoms. The van der Waals surface area contributed by atoms with E-state index in [0.717, 1.165) is 36.4 Å². The van der Waals surface area contributed by atoms with Crippen molar-refractivity contribution in [1.29, 1.82) is 0 Å². The number of amides is 2. The average molecular weight is 354 g/mol. The molecule has 5 nitrogen and oxygen atoms in total. The van der Waals surface area contributed by atoms with Crippen LogP contribution in [-0.4, -0.2) is 24.2 Å². The summed E-state index contributed by atoms with van der Waals surface area (Å²) in [5.41, 5.74) is 2.00. The first kappa shape index (κ1) is 17.2. The van der Waals surface area contributed by atoms with Crippen LogP contribution < -0.4 is 15.5 Å². The Hall–Kier alpha value is -2.27. The van der Waals surface area contributed by atoms with E-state index >= 15 is 0 Å². The van der Waals surface area contributed by atoms with Crippen LogP contribution in [0.15, 0.2) is 47.1 Å². The molecule has 4 rings (SSSR count). The molecular formula is C21H28N3O2+. The van der Waals surface area contributed by atoms with Crippen LogP contribution in [0.3, 0.4) is 0 Å². The number of carbonyl (C=O) groups excluding carboxylic acids is 1. The number of hydrogen-bond donors (Lipinski definition) is 3. The lowest BCUT2D eigenvalue weighted by Crippen LogP contribution is -3.20. The van der Waals surface area contributed by atoms with Crippen LogP contribution >= 0.6 is 0 Å². The molecule has 1 aromatic heterocycles. The molecule has 0 spiro atoms. The first-order valence-corrected chi connectivity index (χ1v) is 9.69. The van der Waals surface area contributed by atoms with Crippen molar-refractivity contribution in [3.05, 3.63) is 54.0 Å². The lowest BCUT2D eigenvalue weighted by molar-refractivity contribution is -0.974. The summed E-state index contributed by atoms with van der Waals surface area (Å²) in [4.78, 5) is 14.0. The van der Waals surface area contributed by atoms with Crippen molar-refractivity contribution in [2.24, 2.45) is 0 Å². The molecule has 1 aromatic carbocycles. The van der Waals surface area contributed by atoms with Gasteiger partial charge in [-0.1, -0.05) is 12.1 Å². The number of carbonyl (C=O) groups is 1. The third kappa shape index (κ3) is 3.93. The number of aryl methyl sites for hydroxylation is 1. The molecule has 138 valence electrons. The van der Waals surface area contributed by atoms with Gasteiger partial charge in [-0.3, -0.25) is 0 Å². The largest absolute Gasteiger partial charge is 0.463 e. The van der Waals surface area contributed by atoms with Crippen LogP contribution in [-0.2, 0) is 6.54 Å². The summed E-state index contributed by atoms with van der Waals surface area (Å²) in [5, 5.41) is 6.18. The van der Waals surface area contributed by atoms with E-state index in [1.807, 2.05) is 37.3 Å². The Balaban J connectivity index is 1.35. The maximum atomic E-state index is 12.4. The first-order valence-electron chi connectivity index (χ1n) is 9.69. The zero-order valence-corrected chi connectivity index (χ0v) is 15.3. The third-order valence-electron chi connectivity index (χ3n) is 5.86. The molecule has 2 aromatic rings. The number of nitrogens with one attached hydrogen (secondary N) is 3. The zero-order valence-electron chi connectivity index (χ0n) is 15.3. The number of rotatable bonds is 4. The van der Waals surface area contributed by atoms with Crippen LogP contribution in [0.2, 0.25) is 0 Å². The van der Waals surface area contributed by atoms with Crippen LogP contribution in [0.1, 0.15) is 43.4 Å². The Kier molecular flexibility index (Phi) is 4.98. The van der Waals surface area contributed by atoms with Crippen LogP contribution in [0.25, 0.3) is 0 Å². The number of quaternary nitrogens is 1. The van der Waals surface area contributed by atoms with Crippen molar-refractivity contribution < 1.29 is 14.1 Å². The van der Waals surface area contributed by atoms with Crippen molar-refractivity contribution in [2.45, 2.75) is 63.7 Å². The number of piperidine rings is 2. The van der Waals surface area contributed by atoms with E-state index in [9.17, 15) is 4.79 Å². The molecule has 5 heteroatoms. The highest BCUT2D eigenvalue weighted by molar-refractivity contribution is 5.89. The van der Waals surface area contributed by atoms with Gasteiger partial charge in [0.25, 0.3) is 0 Å². The van der Waals surface area contributed by atoms with Gasteiger partial charge in [0.2, 0.25) is 0 Å². The highest BCUT2D eigenvalue weighted by atomic mass is 16.3. The van der Waals surface area contributed by atoms with Crippen molar-refractivity contribution in [3.8, 4) is 0 Å². The molecule has 26 heavy (non-hydrogen) atoms. The molecular weight excluding hydrogens is 326 g/mol. The summed E-state index contributed by atoms with van der Waals surface area (Å²) in [6.07, 6.45) is 7.64. The zero-order chi connectivity index (χ0) is 17.9. The minimum Gasteiger partial charge on any atom is -0.463 e. The standard InChI is InChI=1S/C21H27N3O2/c1-15-5-2-6-16(11-15)22-21(25)23-17-12-18-7-3-8-19(13-17)24(18)14-20-9-4-10-26-20/h2,4-6,9-11,17-19H,3,7-8,12-14H2,1H3,(H2,22,23,25)/p+1/t18-,19-/m1/s1. The number of anilines is 1. The molecule has 2 amide bonds. The van der Waals surface area contributed by atoms with Crippen molar-refractivity contribution in [1.82, 2.24) is 5.32 Å². The topological polar surface area (TPSA) is 58.7 Å². The molecule has 2 aliphatic rings. The SMILES string of the molecule is Cc1cccc(NC(=O)NC2C[C@H]3CCC[C@H](C2)[NH+]3Cc2ccco2)c1. The molecule has 0 unspecified atom stereocenters. The third-order valence-corrected chi connectivity index (χ3v) is 5.86. The van der Waals surface area contributed by atoms with Gasteiger partial charge in [-0.15, -0.1) is 0 Å². The van der Waals surface area contributed by atoms with E-state index in [0.29, 0.717) is 12.1 Å². The van der Waals surface area contributed by atoms with E-state index in [1.165, 1.54) is 19.3 Å². The molecule has 2 fully saturated rings. The van der Waals surface area contributed by atoms with Crippen molar-refractivity contribution in [2.75, 3.05) is 5.32 Å². The minimum absolute atomic E-state index is 0.0897. The van der Waals surface area contributed by atoms with Gasteiger partial charge in [0.15, 0.2) is 5.76 Å². The molecule has 2 saturated heterocycles. The predicted octanol–water partition coefficient (Wildman–Crippen LogP) is 2.88. The second-order valence-electron chi connectivity index (χ2n) is 7.79. The Bertz CT molecular complexity index is 729. The number of hydrogen-bond acceptors (Lipinski definition) is 2. The molecule has 3 N–H and O–H groups in total. The van der Waals surface area contributed by atoms with Gasteiger partial charge in [0, 0.05) is 24.6 Å². The number of urea groups is 1. The molecule has 0 saturated carbocycles. The Morgan fingerprint density at radius 3 is 2.69 bits per heavy atom.